The molecule has 1 aromatic heterocycles. The first kappa shape index (κ1) is 14.3. The van der Waals surface area contributed by atoms with Crippen LogP contribution in [0.25, 0.3) is 0 Å². The van der Waals surface area contributed by atoms with E-state index >= 15 is 0 Å². The van der Waals surface area contributed by atoms with Gasteiger partial charge in [0.05, 0.1) is 0 Å². The van der Waals surface area contributed by atoms with E-state index in [9.17, 15) is 0 Å². The molecule has 100 valence electrons. The Morgan fingerprint density at radius 3 is 2.74 bits per heavy atom. The molecule has 1 unspecified atom stereocenters. The molecule has 0 aliphatic heterocycles. The minimum atomic E-state index is 0.238. The van der Waals surface area contributed by atoms with E-state index in [2.05, 4.69) is 22.2 Å². The first-order chi connectivity index (χ1) is 9.10. The molecule has 0 aliphatic rings. The van der Waals surface area contributed by atoms with Gasteiger partial charge in [0.2, 0.25) is 0 Å². The van der Waals surface area contributed by atoms with Crippen molar-refractivity contribution < 1.29 is 0 Å². The summed E-state index contributed by atoms with van der Waals surface area (Å²) >= 11 is 7.82. The smallest absolute Gasteiger partial charge is 0.192 e. The molecule has 2 rings (SSSR count). The summed E-state index contributed by atoms with van der Waals surface area (Å²) in [5, 5.41) is 4.69. The summed E-state index contributed by atoms with van der Waals surface area (Å²) in [4.78, 5) is 9.65. The second-order valence-corrected chi connectivity index (χ2v) is 5.72. The first-order valence-electron chi connectivity index (χ1n) is 6.04. The van der Waals surface area contributed by atoms with E-state index in [1.54, 1.807) is 6.20 Å². The van der Waals surface area contributed by atoms with Gasteiger partial charge in [0.25, 0.3) is 0 Å². The van der Waals surface area contributed by atoms with Gasteiger partial charge in [0, 0.05) is 27.9 Å². The van der Waals surface area contributed by atoms with Gasteiger partial charge in [0.1, 0.15) is 0 Å². The molecule has 0 bridgehead atoms. The standard InChI is InChI=1S/C14H16ClN3S/c1-9-6-7-17-14(18-9)19-11-4-5-12(10(2)16-3)13(15)8-11/h4-8,10,16H,1-3H3. The fourth-order valence-electron chi connectivity index (χ4n) is 1.66. The Morgan fingerprint density at radius 1 is 1.32 bits per heavy atom. The Balaban J connectivity index is 2.21. The highest BCUT2D eigenvalue weighted by atomic mass is 35.5. The van der Waals surface area contributed by atoms with Crippen LogP contribution in [0.1, 0.15) is 24.2 Å². The Kier molecular flexibility index (Phi) is 4.80. The highest BCUT2D eigenvalue weighted by molar-refractivity contribution is 7.99. The predicted molar refractivity (Wildman–Crippen MR) is 79.8 cm³/mol. The average molecular weight is 294 g/mol. The number of benzene rings is 1. The van der Waals surface area contributed by atoms with Crippen molar-refractivity contribution >= 4 is 23.4 Å². The number of nitrogens with one attached hydrogen (secondary N) is 1. The van der Waals surface area contributed by atoms with Crippen molar-refractivity contribution in [1.29, 1.82) is 0 Å². The van der Waals surface area contributed by atoms with Gasteiger partial charge >= 0.3 is 0 Å². The summed E-state index contributed by atoms with van der Waals surface area (Å²) in [7, 11) is 1.92. The average Bonchev–Trinajstić information content (AvgIpc) is 2.38. The van der Waals surface area contributed by atoms with E-state index in [1.165, 1.54) is 11.8 Å². The summed E-state index contributed by atoms with van der Waals surface area (Å²) in [6, 6.07) is 8.17. The molecular formula is C14H16ClN3S. The van der Waals surface area contributed by atoms with Gasteiger partial charge in [-0.15, -0.1) is 0 Å². The fraction of sp³-hybridized carbons (Fsp3) is 0.286. The SMILES string of the molecule is CNC(C)c1ccc(Sc2nccc(C)n2)cc1Cl. The number of halogens is 1. The molecule has 3 nitrogen and oxygen atoms in total. The molecule has 0 saturated heterocycles. The molecule has 1 N–H and O–H groups in total. The quantitative estimate of drug-likeness (QED) is 0.869. The van der Waals surface area contributed by atoms with Crippen LogP contribution in [0.5, 0.6) is 0 Å². The first-order valence-corrected chi connectivity index (χ1v) is 7.24. The lowest BCUT2D eigenvalue weighted by Crippen LogP contribution is -2.12. The van der Waals surface area contributed by atoms with E-state index < -0.39 is 0 Å². The van der Waals surface area contributed by atoms with Crippen molar-refractivity contribution in [3.63, 3.8) is 0 Å². The Hall–Kier alpha value is -1.10. The number of rotatable bonds is 4. The maximum atomic E-state index is 6.31. The Labute approximate surface area is 122 Å². The normalized spacial score (nSPS) is 12.4. The summed E-state index contributed by atoms with van der Waals surface area (Å²) < 4.78 is 0. The third kappa shape index (κ3) is 3.69. The third-order valence-electron chi connectivity index (χ3n) is 2.85. The van der Waals surface area contributed by atoms with Crippen LogP contribution in [0.4, 0.5) is 0 Å². The lowest BCUT2D eigenvalue weighted by molar-refractivity contribution is 0.652. The summed E-state index contributed by atoms with van der Waals surface area (Å²) in [6.07, 6.45) is 1.77. The van der Waals surface area contributed by atoms with Gasteiger partial charge in [-0.1, -0.05) is 17.7 Å². The van der Waals surface area contributed by atoms with Crippen molar-refractivity contribution in [1.82, 2.24) is 15.3 Å². The van der Waals surface area contributed by atoms with Crippen LogP contribution in [-0.2, 0) is 0 Å². The van der Waals surface area contributed by atoms with E-state index in [1.807, 2.05) is 38.2 Å². The molecular weight excluding hydrogens is 278 g/mol. The van der Waals surface area contributed by atoms with E-state index in [0.717, 1.165) is 26.3 Å². The van der Waals surface area contributed by atoms with Gasteiger partial charge in [-0.25, -0.2) is 9.97 Å². The zero-order valence-corrected chi connectivity index (χ0v) is 12.7. The van der Waals surface area contributed by atoms with Gasteiger partial charge < -0.3 is 5.32 Å². The van der Waals surface area contributed by atoms with Crippen LogP contribution in [0.2, 0.25) is 5.02 Å². The Bertz CT molecular complexity index is 574. The lowest BCUT2D eigenvalue weighted by Gasteiger charge is -2.13. The molecule has 0 radical (unpaired) electrons. The van der Waals surface area contributed by atoms with Crippen molar-refractivity contribution in [3.8, 4) is 0 Å². The maximum absolute atomic E-state index is 6.31. The number of hydrogen-bond donors (Lipinski definition) is 1. The largest absolute Gasteiger partial charge is 0.313 e. The zero-order valence-electron chi connectivity index (χ0n) is 11.1. The molecule has 5 heteroatoms. The van der Waals surface area contributed by atoms with Crippen molar-refractivity contribution in [3.05, 3.63) is 46.7 Å². The molecule has 0 saturated carbocycles. The van der Waals surface area contributed by atoms with Gasteiger partial charge in [-0.05, 0) is 56.4 Å². The number of nitrogens with zero attached hydrogens (tertiary/aromatic N) is 2. The zero-order chi connectivity index (χ0) is 13.8. The van der Waals surface area contributed by atoms with Gasteiger partial charge in [-0.3, -0.25) is 0 Å². The van der Waals surface area contributed by atoms with Crippen molar-refractivity contribution in [2.24, 2.45) is 0 Å². The van der Waals surface area contributed by atoms with Crippen molar-refractivity contribution in [2.75, 3.05) is 7.05 Å². The van der Waals surface area contributed by atoms with Crippen LogP contribution in [0.3, 0.4) is 0 Å². The monoisotopic (exact) mass is 293 g/mol. The number of aromatic nitrogens is 2. The molecule has 2 aromatic rings. The van der Waals surface area contributed by atoms with Crippen molar-refractivity contribution in [2.45, 2.75) is 29.9 Å². The minimum Gasteiger partial charge on any atom is -0.313 e. The molecule has 0 spiro atoms. The summed E-state index contributed by atoms with van der Waals surface area (Å²) in [6.45, 7) is 4.04. The molecule has 1 heterocycles. The number of aryl methyl sites for hydroxylation is 1. The third-order valence-corrected chi connectivity index (χ3v) is 4.05. The van der Waals surface area contributed by atoms with Gasteiger partial charge in [0.15, 0.2) is 5.16 Å². The maximum Gasteiger partial charge on any atom is 0.192 e. The second-order valence-electron chi connectivity index (χ2n) is 4.28. The Morgan fingerprint density at radius 2 is 2.11 bits per heavy atom. The molecule has 0 fully saturated rings. The van der Waals surface area contributed by atoms with E-state index in [-0.39, 0.29) is 6.04 Å². The summed E-state index contributed by atoms with van der Waals surface area (Å²) in [5.41, 5.74) is 2.06. The second kappa shape index (κ2) is 6.37. The topological polar surface area (TPSA) is 37.8 Å². The lowest BCUT2D eigenvalue weighted by atomic mass is 10.1. The van der Waals surface area contributed by atoms with Gasteiger partial charge in [-0.2, -0.15) is 0 Å². The van der Waals surface area contributed by atoms with Crippen LogP contribution in [0, 0.1) is 6.92 Å². The van der Waals surface area contributed by atoms with E-state index in [4.69, 9.17) is 11.6 Å². The molecule has 0 amide bonds. The highest BCUT2D eigenvalue weighted by Gasteiger charge is 2.09. The molecule has 1 aromatic carbocycles. The fourth-order valence-corrected chi connectivity index (χ4v) is 2.89. The molecule has 0 aliphatic carbocycles. The van der Waals surface area contributed by atoms with Crippen LogP contribution in [0.15, 0.2) is 40.5 Å². The summed E-state index contributed by atoms with van der Waals surface area (Å²) in [5.74, 6) is 0. The molecule has 19 heavy (non-hydrogen) atoms. The number of hydrogen-bond acceptors (Lipinski definition) is 4. The predicted octanol–water partition coefficient (Wildman–Crippen LogP) is 3.87. The van der Waals surface area contributed by atoms with Crippen LogP contribution >= 0.6 is 23.4 Å². The van der Waals surface area contributed by atoms with E-state index in [0.29, 0.717) is 0 Å². The van der Waals surface area contributed by atoms with Crippen LogP contribution in [-0.4, -0.2) is 17.0 Å². The molecule has 1 atom stereocenters. The minimum absolute atomic E-state index is 0.238. The highest BCUT2D eigenvalue weighted by Crippen LogP contribution is 2.31. The van der Waals surface area contributed by atoms with Crippen LogP contribution < -0.4 is 5.32 Å².